The van der Waals surface area contributed by atoms with Gasteiger partial charge in [-0.2, -0.15) is 0 Å². The van der Waals surface area contributed by atoms with Crippen molar-refractivity contribution in [2.45, 2.75) is 72.1 Å². The van der Waals surface area contributed by atoms with Gasteiger partial charge in [0.2, 0.25) is 0 Å². The molecule has 0 amide bonds. The van der Waals surface area contributed by atoms with Crippen molar-refractivity contribution in [3.05, 3.63) is 0 Å². The summed E-state index contributed by atoms with van der Waals surface area (Å²) in [5.41, 5.74) is 0. The van der Waals surface area contributed by atoms with Gasteiger partial charge in [-0.3, -0.25) is 0 Å². The molecule has 1 saturated carbocycles. The molecule has 0 heterocycles. The molecule has 0 radical (unpaired) electrons. The van der Waals surface area contributed by atoms with Crippen molar-refractivity contribution in [1.82, 2.24) is 0 Å². The molecule has 0 nitrogen and oxygen atoms in total. The Kier molecular flexibility index (Phi) is 5.59. The molecule has 0 N–H and O–H groups in total. The van der Waals surface area contributed by atoms with Crippen LogP contribution in [0.2, 0.25) is 0 Å². The van der Waals surface area contributed by atoms with Gasteiger partial charge in [-0.25, -0.2) is 0 Å². The van der Waals surface area contributed by atoms with Crippen molar-refractivity contribution in [2.24, 2.45) is 17.8 Å². The van der Waals surface area contributed by atoms with Crippen LogP contribution in [-0.2, 0) is 0 Å². The first kappa shape index (κ1) is 12.1. The highest BCUT2D eigenvalue weighted by Crippen LogP contribution is 2.34. The third-order valence-corrected chi connectivity index (χ3v) is 4.10. The molecule has 0 aromatic heterocycles. The van der Waals surface area contributed by atoms with Crippen LogP contribution in [-0.4, -0.2) is 0 Å². The molecule has 1 rings (SSSR count). The smallest absolute Gasteiger partial charge is 0.0388 e. The second kappa shape index (κ2) is 6.48. The quantitative estimate of drug-likeness (QED) is 0.559. The highest BCUT2D eigenvalue weighted by molar-refractivity contribution is 4.73. The minimum Gasteiger partial charge on any atom is -0.0654 e. The van der Waals surface area contributed by atoms with Gasteiger partial charge in [0.25, 0.3) is 0 Å². The summed E-state index contributed by atoms with van der Waals surface area (Å²) in [4.78, 5) is 0. The predicted octanol–water partition coefficient (Wildman–Crippen LogP) is 5.03. The van der Waals surface area contributed by atoms with Crippen LogP contribution in [0.1, 0.15) is 72.1 Å². The molecular weight excluding hydrogens is 168 g/mol. The molecule has 0 saturated heterocycles. The van der Waals surface area contributed by atoms with Gasteiger partial charge in [-0.05, 0) is 17.8 Å². The first-order valence-corrected chi connectivity index (χ1v) is 6.74. The Balaban J connectivity index is 2.10. The highest BCUT2D eigenvalue weighted by Gasteiger charge is 2.21. The Morgan fingerprint density at radius 1 is 1.00 bits per heavy atom. The third-order valence-electron chi connectivity index (χ3n) is 4.10. The van der Waals surface area contributed by atoms with Gasteiger partial charge in [0.1, 0.15) is 0 Å². The number of hydrogen-bond acceptors (Lipinski definition) is 0. The lowest BCUT2D eigenvalue weighted by molar-refractivity contribution is 0.311. The molecule has 1 aliphatic carbocycles. The molecule has 0 aromatic carbocycles. The van der Waals surface area contributed by atoms with E-state index in [-0.39, 0.29) is 0 Å². The zero-order valence-electron chi connectivity index (χ0n) is 10.4. The largest absolute Gasteiger partial charge is 0.0654 e. The molecule has 0 aliphatic heterocycles. The van der Waals surface area contributed by atoms with Crippen LogP contribution in [0.15, 0.2) is 0 Å². The zero-order valence-corrected chi connectivity index (χ0v) is 10.4. The van der Waals surface area contributed by atoms with Gasteiger partial charge in [0, 0.05) is 0 Å². The molecule has 2 atom stereocenters. The van der Waals surface area contributed by atoms with Crippen LogP contribution >= 0.6 is 0 Å². The molecule has 1 aliphatic rings. The fourth-order valence-corrected chi connectivity index (χ4v) is 2.95. The van der Waals surface area contributed by atoms with E-state index in [1.807, 2.05) is 0 Å². The van der Waals surface area contributed by atoms with E-state index >= 15 is 0 Å². The average molecular weight is 196 g/mol. The normalized spacial score (nSPS) is 22.5. The Bertz CT molecular complexity index is 133. The summed E-state index contributed by atoms with van der Waals surface area (Å²) < 4.78 is 0. The molecule has 84 valence electrons. The van der Waals surface area contributed by atoms with Crippen LogP contribution in [0.25, 0.3) is 0 Å². The summed E-state index contributed by atoms with van der Waals surface area (Å²) in [6.45, 7) is 7.20. The standard InChI is InChI=1S/C14H28/c1-4-7-12(2)10-11-13(3)14-8-5-6-9-14/h12-14H,4-11H2,1-3H3. The highest BCUT2D eigenvalue weighted by atomic mass is 14.3. The minimum absolute atomic E-state index is 0.962. The predicted molar refractivity (Wildman–Crippen MR) is 64.4 cm³/mol. The lowest BCUT2D eigenvalue weighted by atomic mass is 9.86. The summed E-state index contributed by atoms with van der Waals surface area (Å²) >= 11 is 0. The van der Waals surface area contributed by atoms with Gasteiger partial charge in [0.05, 0.1) is 0 Å². The second-order valence-corrected chi connectivity index (χ2v) is 5.49. The summed E-state index contributed by atoms with van der Waals surface area (Å²) in [7, 11) is 0. The maximum Gasteiger partial charge on any atom is -0.0388 e. The fraction of sp³-hybridized carbons (Fsp3) is 1.00. The first-order valence-electron chi connectivity index (χ1n) is 6.74. The zero-order chi connectivity index (χ0) is 10.4. The summed E-state index contributed by atoms with van der Waals surface area (Å²) in [6.07, 6.45) is 11.8. The molecule has 1 fully saturated rings. The van der Waals surface area contributed by atoms with Crippen molar-refractivity contribution in [2.75, 3.05) is 0 Å². The van der Waals surface area contributed by atoms with Crippen molar-refractivity contribution in [3.63, 3.8) is 0 Å². The van der Waals surface area contributed by atoms with Gasteiger partial charge < -0.3 is 0 Å². The van der Waals surface area contributed by atoms with Crippen LogP contribution in [0.4, 0.5) is 0 Å². The Labute approximate surface area is 90.5 Å². The van der Waals surface area contributed by atoms with Crippen molar-refractivity contribution < 1.29 is 0 Å². The number of rotatable bonds is 6. The van der Waals surface area contributed by atoms with Gasteiger partial charge in [0.15, 0.2) is 0 Å². The first-order chi connectivity index (χ1) is 6.74. The molecule has 2 unspecified atom stereocenters. The maximum atomic E-state index is 2.48. The van der Waals surface area contributed by atoms with Gasteiger partial charge in [-0.15, -0.1) is 0 Å². The molecule has 0 heteroatoms. The molecule has 0 bridgehead atoms. The molecular formula is C14H28. The van der Waals surface area contributed by atoms with Crippen molar-refractivity contribution >= 4 is 0 Å². The Morgan fingerprint density at radius 3 is 2.21 bits per heavy atom. The Hall–Kier alpha value is 0. The van der Waals surface area contributed by atoms with Crippen LogP contribution in [0.5, 0.6) is 0 Å². The van der Waals surface area contributed by atoms with E-state index in [0.717, 1.165) is 17.8 Å². The lowest BCUT2D eigenvalue weighted by Crippen LogP contribution is -2.09. The van der Waals surface area contributed by atoms with Crippen molar-refractivity contribution in [1.29, 1.82) is 0 Å². The van der Waals surface area contributed by atoms with E-state index in [9.17, 15) is 0 Å². The lowest BCUT2D eigenvalue weighted by Gasteiger charge is -2.20. The minimum atomic E-state index is 0.962. The number of hydrogen-bond donors (Lipinski definition) is 0. The SMILES string of the molecule is CCCC(C)CCC(C)C1CCCC1. The third kappa shape index (κ3) is 4.02. The maximum absolute atomic E-state index is 2.48. The van der Waals surface area contributed by atoms with Crippen LogP contribution < -0.4 is 0 Å². The summed E-state index contributed by atoms with van der Waals surface area (Å²) in [6, 6.07) is 0. The molecule has 14 heavy (non-hydrogen) atoms. The van der Waals surface area contributed by atoms with E-state index in [2.05, 4.69) is 20.8 Å². The van der Waals surface area contributed by atoms with Crippen LogP contribution in [0.3, 0.4) is 0 Å². The average Bonchev–Trinajstić information content (AvgIpc) is 2.67. The van der Waals surface area contributed by atoms with Gasteiger partial charge in [-0.1, -0.05) is 72.1 Å². The molecule has 0 spiro atoms. The Morgan fingerprint density at radius 2 is 1.64 bits per heavy atom. The summed E-state index contributed by atoms with van der Waals surface area (Å²) in [5, 5.41) is 0. The molecule has 0 aromatic rings. The van der Waals surface area contributed by atoms with Crippen molar-refractivity contribution in [3.8, 4) is 0 Å². The van der Waals surface area contributed by atoms with E-state index in [1.54, 1.807) is 0 Å². The van der Waals surface area contributed by atoms with Crippen LogP contribution in [0, 0.1) is 17.8 Å². The van der Waals surface area contributed by atoms with E-state index < -0.39 is 0 Å². The topological polar surface area (TPSA) is 0 Å². The van der Waals surface area contributed by atoms with E-state index in [0.29, 0.717) is 0 Å². The second-order valence-electron chi connectivity index (χ2n) is 5.49. The van der Waals surface area contributed by atoms with Gasteiger partial charge >= 0.3 is 0 Å². The van der Waals surface area contributed by atoms with E-state index in [1.165, 1.54) is 51.4 Å². The summed E-state index contributed by atoms with van der Waals surface area (Å²) in [5.74, 6) is 3.03. The fourth-order valence-electron chi connectivity index (χ4n) is 2.95. The van der Waals surface area contributed by atoms with E-state index in [4.69, 9.17) is 0 Å². The monoisotopic (exact) mass is 196 g/mol.